The standard InChI is InChI=1S/C44H50Si.2CH3.Hf/c1-29(2)31-15-11-17-33(23-31)39-21-13-19-35-25-37(27-41(35)39)45(43(5,6)7,44(8,9)10)38-26-36-20-14-22-40(42(36)28-38)34-18-12-16-32(24-34)30(3)4;;;/h11-30H,1-10H3;2*1H3;. The quantitative estimate of drug-likeness (QED) is 0.180. The van der Waals surface area contributed by atoms with Crippen LogP contribution < -0.4 is 0 Å². The van der Waals surface area contributed by atoms with Crippen LogP contribution in [0.4, 0.5) is 0 Å². The molecule has 1 fully saturated rings. The second kappa shape index (κ2) is 11.5. The van der Waals surface area contributed by atoms with Gasteiger partial charge in [-0.15, -0.1) is 0 Å². The van der Waals surface area contributed by atoms with E-state index in [1.165, 1.54) is 44.5 Å². The molecule has 0 amide bonds. The molecule has 0 N–H and O–H groups in total. The zero-order valence-electron chi connectivity index (χ0n) is 31.5. The Labute approximate surface area is 297 Å². The average Bonchev–Trinajstić information content (AvgIpc) is 3.60. The number of hydrogen-bond donors (Lipinski definition) is 0. The first-order valence-electron chi connectivity index (χ1n) is 18.4. The van der Waals surface area contributed by atoms with E-state index in [1.807, 2.05) is 10.4 Å². The minimum atomic E-state index is -3.22. The van der Waals surface area contributed by atoms with E-state index in [2.05, 4.69) is 176 Å². The third-order valence-electron chi connectivity index (χ3n) is 12.5. The van der Waals surface area contributed by atoms with Crippen LogP contribution in [0.2, 0.25) is 19.4 Å². The van der Waals surface area contributed by atoms with Crippen LogP contribution in [0.5, 0.6) is 0 Å². The second-order valence-electron chi connectivity index (χ2n) is 18.3. The van der Waals surface area contributed by atoms with Gasteiger partial charge in [0.15, 0.2) is 0 Å². The maximum atomic E-state index is 2.82. The minimum absolute atomic E-state index is 0.156. The predicted molar refractivity (Wildman–Crippen MR) is 210 cm³/mol. The maximum absolute atomic E-state index is 3.22. The number of benzene rings is 4. The van der Waals surface area contributed by atoms with Crippen molar-refractivity contribution in [1.29, 1.82) is 0 Å². The van der Waals surface area contributed by atoms with Crippen molar-refractivity contribution in [1.82, 2.24) is 0 Å². The van der Waals surface area contributed by atoms with Crippen LogP contribution in [0.25, 0.3) is 34.4 Å². The van der Waals surface area contributed by atoms with E-state index in [0.29, 0.717) is 19.2 Å². The molecule has 4 aromatic carbocycles. The molecular formula is C46H56HfSi. The van der Waals surface area contributed by atoms with E-state index in [0.717, 1.165) is 0 Å². The van der Waals surface area contributed by atoms with Crippen molar-refractivity contribution in [3.63, 3.8) is 0 Å². The van der Waals surface area contributed by atoms with Gasteiger partial charge in [-0.3, -0.25) is 0 Å². The number of rotatable bonds is 4. The molecule has 1 heterocycles. The van der Waals surface area contributed by atoms with Crippen molar-refractivity contribution >= 4 is 20.2 Å². The molecular weight excluding hydrogens is 759 g/mol. The third kappa shape index (κ3) is 4.82. The van der Waals surface area contributed by atoms with E-state index in [1.54, 1.807) is 11.1 Å². The first-order valence-corrected chi connectivity index (χ1v) is 31.7. The SMILES string of the molecule is CC(C)c1cccc(-c2cccc3c2C=C2[CH]3[Hf]([CH3])([CH3])[CH]3C(=Cc4c(-c5cccc(C(C)C)c5)cccc43)[Si]2(C(C)(C)C)C(C)(C)C)c1. The van der Waals surface area contributed by atoms with Gasteiger partial charge in [0.2, 0.25) is 0 Å². The van der Waals surface area contributed by atoms with Crippen LogP contribution in [0.3, 0.4) is 0 Å². The van der Waals surface area contributed by atoms with Gasteiger partial charge in [-0.25, -0.2) is 0 Å². The number of allylic oxidation sites excluding steroid dienone is 2. The summed E-state index contributed by atoms with van der Waals surface area (Å²) in [5, 5.41) is 4.03. The molecule has 7 rings (SSSR count). The van der Waals surface area contributed by atoms with Crippen LogP contribution in [0.15, 0.2) is 95.3 Å². The van der Waals surface area contributed by atoms with Gasteiger partial charge in [0.1, 0.15) is 0 Å². The van der Waals surface area contributed by atoms with Gasteiger partial charge in [-0.05, 0) is 0 Å². The summed E-state index contributed by atoms with van der Waals surface area (Å²) in [5.74, 6) is 1.04. The number of hydrogen-bond acceptors (Lipinski definition) is 0. The summed E-state index contributed by atoms with van der Waals surface area (Å²) in [7, 11) is -2.36. The fourth-order valence-corrected chi connectivity index (χ4v) is 44.7. The van der Waals surface area contributed by atoms with Crippen molar-refractivity contribution in [2.45, 2.75) is 108 Å². The monoisotopic (exact) mass is 816 g/mol. The van der Waals surface area contributed by atoms with Crippen molar-refractivity contribution in [3.05, 3.63) is 129 Å². The van der Waals surface area contributed by atoms with E-state index >= 15 is 0 Å². The van der Waals surface area contributed by atoms with Gasteiger partial charge in [0, 0.05) is 0 Å². The number of fused-ring (bicyclic) bond motifs is 6. The van der Waals surface area contributed by atoms with Crippen molar-refractivity contribution in [2.75, 3.05) is 0 Å². The van der Waals surface area contributed by atoms with Crippen LogP contribution in [0.1, 0.15) is 122 Å². The van der Waals surface area contributed by atoms with Crippen LogP contribution in [0, 0.1) is 0 Å². The average molecular weight is 816 g/mol. The van der Waals surface area contributed by atoms with Gasteiger partial charge >= 0.3 is 299 Å². The molecule has 0 radical (unpaired) electrons. The Balaban J connectivity index is 1.53. The molecule has 2 atom stereocenters. The van der Waals surface area contributed by atoms with E-state index in [4.69, 9.17) is 0 Å². The second-order valence-corrected chi connectivity index (χ2v) is 41.2. The van der Waals surface area contributed by atoms with Gasteiger partial charge in [0.05, 0.1) is 0 Å². The van der Waals surface area contributed by atoms with Gasteiger partial charge in [-0.2, -0.15) is 0 Å². The summed E-state index contributed by atoms with van der Waals surface area (Å²) >= 11 is -3.22. The Morgan fingerprint density at radius 3 is 1.27 bits per heavy atom. The summed E-state index contributed by atoms with van der Waals surface area (Å²) in [6.45, 7) is 24.8. The molecule has 2 aliphatic carbocycles. The zero-order chi connectivity index (χ0) is 34.6. The molecule has 48 heavy (non-hydrogen) atoms. The predicted octanol–water partition coefficient (Wildman–Crippen LogP) is 14.2. The fourth-order valence-electron chi connectivity index (χ4n) is 10.9. The summed E-state index contributed by atoms with van der Waals surface area (Å²) in [4.78, 5) is 0. The van der Waals surface area contributed by atoms with Crippen molar-refractivity contribution in [3.8, 4) is 22.3 Å². The zero-order valence-corrected chi connectivity index (χ0v) is 36.1. The van der Waals surface area contributed by atoms with Gasteiger partial charge < -0.3 is 0 Å². The fraction of sp³-hybridized carbons (Fsp3) is 0.391. The summed E-state index contributed by atoms with van der Waals surface area (Å²) < 4.78 is 6.84. The molecule has 4 aromatic rings. The molecule has 0 nitrogen and oxygen atoms in total. The molecule has 3 aliphatic rings. The Hall–Kier alpha value is -2.55. The van der Waals surface area contributed by atoms with Crippen molar-refractivity contribution in [2.24, 2.45) is 0 Å². The molecule has 0 bridgehead atoms. The summed E-state index contributed by atoms with van der Waals surface area (Å²) in [5.41, 5.74) is 14.8. The van der Waals surface area contributed by atoms with Crippen LogP contribution in [-0.2, 0) is 20.0 Å². The van der Waals surface area contributed by atoms with Gasteiger partial charge in [0.25, 0.3) is 0 Å². The first-order chi connectivity index (χ1) is 22.5. The molecule has 0 spiro atoms. The van der Waals surface area contributed by atoms with Crippen LogP contribution in [-0.4, -0.2) is 8.07 Å². The molecule has 0 aromatic heterocycles. The topological polar surface area (TPSA) is 0 Å². The summed E-state index contributed by atoms with van der Waals surface area (Å²) in [6.07, 6.45) is 5.57. The Bertz CT molecular complexity index is 1840. The summed E-state index contributed by atoms with van der Waals surface area (Å²) in [6, 6.07) is 33.4. The molecule has 1 aliphatic heterocycles. The van der Waals surface area contributed by atoms with E-state index < -0.39 is 28.0 Å². The van der Waals surface area contributed by atoms with Crippen molar-refractivity contribution < 1.29 is 20.0 Å². The Morgan fingerprint density at radius 1 is 0.542 bits per heavy atom. The molecule has 2 heteroatoms. The molecule has 248 valence electrons. The van der Waals surface area contributed by atoms with Gasteiger partial charge in [-0.1, -0.05) is 0 Å². The Morgan fingerprint density at radius 2 is 0.917 bits per heavy atom. The normalized spacial score (nSPS) is 20.6. The first kappa shape index (κ1) is 33.9. The van der Waals surface area contributed by atoms with E-state index in [-0.39, 0.29) is 10.1 Å². The van der Waals surface area contributed by atoms with E-state index in [9.17, 15) is 0 Å². The molecule has 1 saturated heterocycles. The molecule has 0 saturated carbocycles. The third-order valence-corrected chi connectivity index (χ3v) is 36.8. The Kier molecular flexibility index (Phi) is 8.12. The molecule has 2 unspecified atom stereocenters. The van der Waals surface area contributed by atoms with Crippen LogP contribution >= 0.6 is 0 Å².